The predicted octanol–water partition coefficient (Wildman–Crippen LogP) is 13.8. The number of hydrogen-bond acceptors (Lipinski definition) is 4. The average Bonchev–Trinajstić information content (AvgIpc) is 3.88. The highest BCUT2D eigenvalue weighted by Gasteiger charge is 2.20. The van der Waals surface area contributed by atoms with Crippen molar-refractivity contribution in [2.45, 2.75) is 0 Å². The fourth-order valence-electron chi connectivity index (χ4n) is 9.11. The third kappa shape index (κ3) is 5.88. The Bertz CT molecular complexity index is 3570. The smallest absolute Gasteiger partial charge is 0.182 e. The molecule has 62 heavy (non-hydrogen) atoms. The molecule has 0 saturated carbocycles. The van der Waals surface area contributed by atoms with Crippen LogP contribution in [0.2, 0.25) is 0 Å². The molecular formula is C56H36N6. The van der Waals surface area contributed by atoms with Gasteiger partial charge >= 0.3 is 0 Å². The van der Waals surface area contributed by atoms with E-state index in [0.717, 1.165) is 50.2 Å². The van der Waals surface area contributed by atoms with Crippen LogP contribution in [0.5, 0.6) is 0 Å². The molecule has 0 aliphatic carbocycles. The van der Waals surface area contributed by atoms with Crippen molar-refractivity contribution in [1.82, 2.24) is 29.1 Å². The van der Waals surface area contributed by atoms with Crippen LogP contribution in [0.3, 0.4) is 0 Å². The van der Waals surface area contributed by atoms with E-state index in [1.54, 1.807) is 0 Å². The van der Waals surface area contributed by atoms with E-state index in [9.17, 15) is 0 Å². The zero-order valence-corrected chi connectivity index (χ0v) is 33.5. The van der Waals surface area contributed by atoms with Crippen LogP contribution in [0, 0.1) is 0 Å². The minimum Gasteiger partial charge on any atom is -0.309 e. The summed E-state index contributed by atoms with van der Waals surface area (Å²) in [5.74, 6) is 1.73. The molecule has 0 radical (unpaired) electrons. The SMILES string of the molecule is c1ccc(-c2nc(-c3ccccc3)nc(-c3cc(-c4cccc5c4c4ccccc4n5-c4cccc(-c5cccc6c5c5ccccc5n6-c5ccccc5)c4)ccn3)n2)cc1. The van der Waals surface area contributed by atoms with Crippen LogP contribution >= 0.6 is 0 Å². The van der Waals surface area contributed by atoms with Gasteiger partial charge in [-0.3, -0.25) is 4.98 Å². The molecule has 0 bridgehead atoms. The van der Waals surface area contributed by atoms with Crippen LogP contribution < -0.4 is 0 Å². The average molecular weight is 793 g/mol. The van der Waals surface area contributed by atoms with Gasteiger partial charge in [0.1, 0.15) is 5.69 Å². The molecule has 4 aromatic heterocycles. The van der Waals surface area contributed by atoms with Crippen molar-refractivity contribution in [3.8, 4) is 67.9 Å². The molecule has 0 spiro atoms. The summed E-state index contributed by atoms with van der Waals surface area (Å²) in [5.41, 5.74) is 13.9. The van der Waals surface area contributed by atoms with E-state index in [1.165, 1.54) is 38.1 Å². The lowest BCUT2D eigenvalue weighted by atomic mass is 9.99. The number of rotatable bonds is 7. The van der Waals surface area contributed by atoms with Crippen molar-refractivity contribution >= 4 is 43.6 Å². The van der Waals surface area contributed by atoms with Gasteiger partial charge in [-0.1, -0.05) is 152 Å². The van der Waals surface area contributed by atoms with Gasteiger partial charge in [0.25, 0.3) is 0 Å². The fraction of sp³-hybridized carbons (Fsp3) is 0. The van der Waals surface area contributed by atoms with Crippen LogP contribution in [0.25, 0.3) is 112 Å². The van der Waals surface area contributed by atoms with Gasteiger partial charge < -0.3 is 9.13 Å². The highest BCUT2D eigenvalue weighted by Crippen LogP contribution is 2.42. The zero-order chi connectivity index (χ0) is 41.0. The van der Waals surface area contributed by atoms with E-state index >= 15 is 0 Å². The first-order chi connectivity index (χ1) is 30.8. The summed E-state index contributed by atoms with van der Waals surface area (Å²) in [6.45, 7) is 0. The maximum Gasteiger partial charge on any atom is 0.182 e. The first-order valence-corrected chi connectivity index (χ1v) is 20.8. The van der Waals surface area contributed by atoms with Gasteiger partial charge in [-0.05, 0) is 82.9 Å². The Balaban J connectivity index is 1.01. The summed E-state index contributed by atoms with van der Waals surface area (Å²) in [7, 11) is 0. The molecule has 8 aromatic carbocycles. The maximum absolute atomic E-state index is 4.99. The second-order valence-electron chi connectivity index (χ2n) is 15.5. The van der Waals surface area contributed by atoms with E-state index in [0.29, 0.717) is 23.2 Å². The Morgan fingerprint density at radius 3 is 1.34 bits per heavy atom. The highest BCUT2D eigenvalue weighted by atomic mass is 15.0. The van der Waals surface area contributed by atoms with Crippen LogP contribution in [0.1, 0.15) is 0 Å². The molecule has 0 fully saturated rings. The number of nitrogens with zero attached hydrogens (tertiary/aromatic N) is 6. The minimum atomic E-state index is 0.521. The molecule has 0 unspecified atom stereocenters. The Hall–Kier alpha value is -8.48. The summed E-state index contributed by atoms with van der Waals surface area (Å²) < 4.78 is 4.78. The molecular weight excluding hydrogens is 757 g/mol. The fourth-order valence-corrected chi connectivity index (χ4v) is 9.11. The Labute approximate surface area is 357 Å². The Kier molecular flexibility index (Phi) is 8.38. The summed E-state index contributed by atoms with van der Waals surface area (Å²) in [6.07, 6.45) is 1.86. The summed E-state index contributed by atoms with van der Waals surface area (Å²) in [6, 6.07) is 74.6. The molecule has 0 atom stereocenters. The number of benzene rings is 8. The van der Waals surface area contributed by atoms with Gasteiger partial charge in [0.2, 0.25) is 0 Å². The van der Waals surface area contributed by atoms with Crippen molar-refractivity contribution in [1.29, 1.82) is 0 Å². The lowest BCUT2D eigenvalue weighted by Crippen LogP contribution is -2.01. The summed E-state index contributed by atoms with van der Waals surface area (Å²) in [4.78, 5) is 19.7. The van der Waals surface area contributed by atoms with Crippen LogP contribution in [-0.4, -0.2) is 29.1 Å². The molecule has 0 N–H and O–H groups in total. The van der Waals surface area contributed by atoms with Crippen molar-refractivity contribution in [3.05, 3.63) is 219 Å². The number of para-hydroxylation sites is 3. The van der Waals surface area contributed by atoms with Crippen LogP contribution in [0.15, 0.2) is 219 Å². The van der Waals surface area contributed by atoms with Crippen molar-refractivity contribution in [2.75, 3.05) is 0 Å². The van der Waals surface area contributed by atoms with Crippen LogP contribution in [-0.2, 0) is 0 Å². The Morgan fingerprint density at radius 1 is 0.306 bits per heavy atom. The third-order valence-electron chi connectivity index (χ3n) is 11.8. The molecule has 0 aliphatic rings. The summed E-state index contributed by atoms with van der Waals surface area (Å²) >= 11 is 0. The van der Waals surface area contributed by atoms with Gasteiger partial charge in [-0.15, -0.1) is 0 Å². The van der Waals surface area contributed by atoms with Gasteiger partial charge in [0.05, 0.1) is 22.1 Å². The Morgan fingerprint density at radius 2 is 0.742 bits per heavy atom. The molecule has 0 saturated heterocycles. The molecule has 6 heteroatoms. The molecule has 6 nitrogen and oxygen atoms in total. The monoisotopic (exact) mass is 792 g/mol. The first-order valence-electron chi connectivity index (χ1n) is 20.8. The summed E-state index contributed by atoms with van der Waals surface area (Å²) in [5, 5.41) is 4.82. The zero-order valence-electron chi connectivity index (χ0n) is 33.5. The van der Waals surface area contributed by atoms with E-state index in [2.05, 4.69) is 161 Å². The van der Waals surface area contributed by atoms with Gasteiger partial charge in [0, 0.05) is 50.2 Å². The quantitative estimate of drug-likeness (QED) is 0.161. The molecule has 4 heterocycles. The third-order valence-corrected chi connectivity index (χ3v) is 11.8. The van der Waals surface area contributed by atoms with Crippen molar-refractivity contribution in [3.63, 3.8) is 0 Å². The van der Waals surface area contributed by atoms with Gasteiger partial charge in [-0.25, -0.2) is 15.0 Å². The van der Waals surface area contributed by atoms with E-state index < -0.39 is 0 Å². The normalized spacial score (nSPS) is 11.5. The van der Waals surface area contributed by atoms with Gasteiger partial charge in [0.15, 0.2) is 17.5 Å². The molecule has 12 rings (SSSR count). The molecule has 290 valence electrons. The number of pyridine rings is 1. The van der Waals surface area contributed by atoms with Gasteiger partial charge in [-0.2, -0.15) is 0 Å². The number of fused-ring (bicyclic) bond motifs is 6. The lowest BCUT2D eigenvalue weighted by Gasteiger charge is -2.12. The van der Waals surface area contributed by atoms with Crippen molar-refractivity contribution in [2.24, 2.45) is 0 Å². The maximum atomic E-state index is 4.99. The van der Waals surface area contributed by atoms with Crippen molar-refractivity contribution < 1.29 is 0 Å². The predicted molar refractivity (Wildman–Crippen MR) is 253 cm³/mol. The highest BCUT2D eigenvalue weighted by molar-refractivity contribution is 6.17. The minimum absolute atomic E-state index is 0.521. The number of aromatic nitrogens is 6. The number of hydrogen-bond donors (Lipinski definition) is 0. The first kappa shape index (κ1) is 35.5. The van der Waals surface area contributed by atoms with E-state index in [1.807, 2.05) is 66.9 Å². The largest absolute Gasteiger partial charge is 0.309 e. The molecule has 0 aliphatic heterocycles. The lowest BCUT2D eigenvalue weighted by molar-refractivity contribution is 1.06. The second kappa shape index (κ2) is 14.7. The van der Waals surface area contributed by atoms with Crippen LogP contribution in [0.4, 0.5) is 0 Å². The topological polar surface area (TPSA) is 61.4 Å². The molecule has 12 aromatic rings. The standard InChI is InChI=1S/C56H36N6/c1-4-17-37(18-5-1)54-58-55(38-19-6-2-7-20-38)60-56(59-54)47-36-40(33-34-57-47)44-28-16-32-51-53(44)46-26-11-13-30-49(46)62(51)42-24-14-21-39(35-42)43-27-15-31-50-52(43)45-25-10-12-29-48(45)61(50)41-22-8-3-9-23-41/h1-36H. The van der Waals surface area contributed by atoms with E-state index in [4.69, 9.17) is 19.9 Å². The molecule has 0 amide bonds. The second-order valence-corrected chi connectivity index (χ2v) is 15.5. The van der Waals surface area contributed by atoms with E-state index in [-0.39, 0.29) is 0 Å².